The SMILES string of the molecule is CC(C)(C)C1CCCCC1.CC(C)(C)C1CCCCC1.CC(C)(C)C1CCCCC1.CC(C)(C)c1ccc2ccccc2c1.CC(C)(C)c1cccc2ccccc12.Cc1ccc(C(C)(C)C)[nH]1.Cc1ccc(C(C)(C)C)o1.Cc1ccc(C(C)(C)C)s1. The third-order valence-corrected chi connectivity index (χ3v) is 19.7. The predicted octanol–water partition coefficient (Wildman–Crippen LogP) is 28.0. The Morgan fingerprint density at radius 1 is 0.364 bits per heavy atom. The number of nitrogens with one attached hydrogen (secondary N) is 1. The molecule has 0 radical (unpaired) electrons. The van der Waals surface area contributed by atoms with Crippen molar-refractivity contribution in [2.75, 3.05) is 0 Å². The Hall–Kier alpha value is -4.34. The molecule has 3 saturated carbocycles. The zero-order valence-corrected chi connectivity index (χ0v) is 63.0. The molecule has 0 atom stereocenters. The van der Waals surface area contributed by atoms with Gasteiger partial charge in [0.05, 0.1) is 0 Å². The Labute approximate surface area is 548 Å². The molecular formula is C85H135NOS. The predicted molar refractivity (Wildman–Crippen MR) is 398 cm³/mol. The summed E-state index contributed by atoms with van der Waals surface area (Å²) in [4.78, 5) is 6.20. The summed E-state index contributed by atoms with van der Waals surface area (Å²) in [6.07, 6.45) is 22.1. The molecule has 4 aromatic carbocycles. The summed E-state index contributed by atoms with van der Waals surface area (Å²) in [6, 6.07) is 43.0. The van der Waals surface area contributed by atoms with Crippen LogP contribution >= 0.6 is 11.3 Å². The number of benzene rings is 4. The largest absolute Gasteiger partial charge is 0.466 e. The van der Waals surface area contributed by atoms with Gasteiger partial charge >= 0.3 is 0 Å². The lowest BCUT2D eigenvalue weighted by Crippen LogP contribution is -2.22. The molecule has 1 N–H and O–H groups in total. The summed E-state index contributed by atoms with van der Waals surface area (Å²) >= 11 is 1.89. The standard InChI is InChI=1S/2C14H16.3C10H20.C9H15N.C9H14O.C9H14S/c1-14(2,3)13-10-6-8-11-7-4-5-9-12(11)13;1-14(2,3)13-9-8-11-6-4-5-7-12(11)10-13;3*1-10(2,3)9-7-5-4-6-8-9;3*1-7-5-6-8(10-7)9(2,3)4/h2*4-10H,1-3H3;3*9H,4-8H2,1-3H3;5-6,10H,1-4H3;2*5-6H,1-4H3. The maximum atomic E-state index is 5.45. The van der Waals surface area contributed by atoms with Crippen LogP contribution in [0.25, 0.3) is 21.5 Å². The average molecular weight is 1220 g/mol. The molecule has 0 saturated heterocycles. The van der Waals surface area contributed by atoms with E-state index in [1.807, 2.05) is 30.4 Å². The molecule has 3 aliphatic carbocycles. The van der Waals surface area contributed by atoms with E-state index in [0.29, 0.717) is 21.7 Å². The Bertz CT molecular complexity index is 2800. The lowest BCUT2D eigenvalue weighted by atomic mass is 9.72. The van der Waals surface area contributed by atoms with Crippen LogP contribution < -0.4 is 0 Å². The van der Waals surface area contributed by atoms with Crippen molar-refractivity contribution in [2.24, 2.45) is 34.0 Å². The summed E-state index contributed by atoms with van der Waals surface area (Å²) < 4.78 is 5.45. The third-order valence-electron chi connectivity index (χ3n) is 18.3. The number of aromatic amines is 1. The summed E-state index contributed by atoms with van der Waals surface area (Å²) in [7, 11) is 0. The molecule has 3 heterocycles. The van der Waals surface area contributed by atoms with Crippen molar-refractivity contribution in [1.29, 1.82) is 0 Å². The number of rotatable bonds is 0. The number of hydrogen-bond donors (Lipinski definition) is 1. The first-order chi connectivity index (χ1) is 40.5. The van der Waals surface area contributed by atoms with Gasteiger partial charge < -0.3 is 9.40 Å². The van der Waals surface area contributed by atoms with Crippen molar-refractivity contribution < 1.29 is 4.42 Å². The van der Waals surface area contributed by atoms with Crippen molar-refractivity contribution in [3.05, 3.63) is 165 Å². The lowest BCUT2D eigenvalue weighted by Gasteiger charge is -2.33. The summed E-state index contributed by atoms with van der Waals surface area (Å²) in [5, 5.41) is 5.36. The van der Waals surface area contributed by atoms with E-state index in [9.17, 15) is 0 Å². The summed E-state index contributed by atoms with van der Waals surface area (Å²) in [6.45, 7) is 60.9. The molecule has 10 rings (SSSR count). The minimum atomic E-state index is 0.147. The maximum absolute atomic E-state index is 5.45. The fourth-order valence-electron chi connectivity index (χ4n) is 12.1. The van der Waals surface area contributed by atoms with Crippen LogP contribution in [-0.2, 0) is 27.1 Å². The second kappa shape index (κ2) is 34.4. The van der Waals surface area contributed by atoms with Crippen molar-refractivity contribution >= 4 is 32.9 Å². The van der Waals surface area contributed by atoms with E-state index in [0.717, 1.165) is 29.3 Å². The van der Waals surface area contributed by atoms with E-state index >= 15 is 0 Å². The smallest absolute Gasteiger partial charge is 0.109 e. The Balaban J connectivity index is 0.000000264. The van der Waals surface area contributed by atoms with Gasteiger partial charge in [-0.25, -0.2) is 0 Å². The maximum Gasteiger partial charge on any atom is 0.109 e. The molecule has 88 heavy (non-hydrogen) atoms. The highest BCUT2D eigenvalue weighted by atomic mass is 32.1. The fourth-order valence-corrected chi connectivity index (χ4v) is 13.0. The van der Waals surface area contributed by atoms with Crippen LogP contribution in [0.4, 0.5) is 0 Å². The number of hydrogen-bond acceptors (Lipinski definition) is 2. The van der Waals surface area contributed by atoms with Crippen LogP contribution in [0, 0.1) is 54.8 Å². The van der Waals surface area contributed by atoms with E-state index in [1.165, 1.54) is 150 Å². The van der Waals surface area contributed by atoms with Gasteiger partial charge in [-0.2, -0.15) is 0 Å². The average Bonchev–Trinajstić information content (AvgIpc) is 4.41. The molecule has 0 amide bonds. The van der Waals surface area contributed by atoms with Crippen LogP contribution in [0.2, 0.25) is 0 Å². The topological polar surface area (TPSA) is 28.9 Å². The highest BCUT2D eigenvalue weighted by molar-refractivity contribution is 7.12. The minimum absolute atomic E-state index is 0.147. The quantitative estimate of drug-likeness (QED) is 0.161. The Morgan fingerprint density at radius 3 is 1.11 bits per heavy atom. The van der Waals surface area contributed by atoms with E-state index < -0.39 is 0 Å². The van der Waals surface area contributed by atoms with Crippen LogP contribution in [0.5, 0.6) is 0 Å². The summed E-state index contributed by atoms with van der Waals surface area (Å²) in [5.41, 5.74) is 8.29. The van der Waals surface area contributed by atoms with Gasteiger partial charge in [-0.15, -0.1) is 11.3 Å². The Morgan fingerprint density at radius 2 is 0.807 bits per heavy atom. The van der Waals surface area contributed by atoms with Crippen LogP contribution in [-0.4, -0.2) is 4.98 Å². The summed E-state index contributed by atoms with van der Waals surface area (Å²) in [5.74, 6) is 5.05. The number of fused-ring (bicyclic) bond motifs is 2. The second-order valence-electron chi connectivity index (χ2n) is 34.8. The van der Waals surface area contributed by atoms with Crippen molar-refractivity contribution in [3.63, 3.8) is 0 Å². The zero-order chi connectivity index (χ0) is 66.5. The van der Waals surface area contributed by atoms with Gasteiger partial charge in [0.15, 0.2) is 0 Å². The molecule has 2 nitrogen and oxygen atoms in total. The molecule has 492 valence electrons. The van der Waals surface area contributed by atoms with E-state index in [4.69, 9.17) is 4.42 Å². The fraction of sp³-hybridized carbons (Fsp3) is 0.624. The van der Waals surface area contributed by atoms with Crippen LogP contribution in [0.3, 0.4) is 0 Å². The van der Waals surface area contributed by atoms with Gasteiger partial charge in [-0.05, 0) is 179 Å². The van der Waals surface area contributed by atoms with E-state index in [1.54, 1.807) is 0 Å². The molecule has 3 aromatic heterocycles. The molecule has 0 spiro atoms. The van der Waals surface area contributed by atoms with E-state index in [-0.39, 0.29) is 21.7 Å². The monoisotopic (exact) mass is 1220 g/mol. The van der Waals surface area contributed by atoms with Crippen molar-refractivity contribution in [1.82, 2.24) is 4.98 Å². The number of thiophene rings is 1. The third kappa shape index (κ3) is 28.9. The molecule has 3 heteroatoms. The van der Waals surface area contributed by atoms with Gasteiger partial charge in [0.25, 0.3) is 0 Å². The highest BCUT2D eigenvalue weighted by Gasteiger charge is 2.28. The molecule has 0 aliphatic heterocycles. The number of H-pyrrole nitrogens is 1. The Kier molecular flexibility index (Phi) is 30.4. The van der Waals surface area contributed by atoms with Gasteiger partial charge in [0.1, 0.15) is 11.5 Å². The first kappa shape index (κ1) is 77.9. The normalized spacial score (nSPS) is 15.8. The van der Waals surface area contributed by atoms with Gasteiger partial charge in [-0.3, -0.25) is 0 Å². The molecule has 7 aromatic rings. The van der Waals surface area contributed by atoms with Gasteiger partial charge in [-0.1, -0.05) is 309 Å². The van der Waals surface area contributed by atoms with Crippen molar-refractivity contribution in [2.45, 2.75) is 310 Å². The first-order valence-electron chi connectivity index (χ1n) is 34.8. The zero-order valence-electron chi connectivity index (χ0n) is 62.2. The van der Waals surface area contributed by atoms with Crippen LogP contribution in [0.1, 0.15) is 306 Å². The highest BCUT2D eigenvalue weighted by Crippen LogP contribution is 2.40. The molecule has 3 fully saturated rings. The lowest BCUT2D eigenvalue weighted by molar-refractivity contribution is 0.179. The molecule has 0 unspecified atom stereocenters. The molecular weight excluding hydrogens is 1080 g/mol. The van der Waals surface area contributed by atoms with Crippen molar-refractivity contribution in [3.8, 4) is 0 Å². The number of aromatic nitrogens is 1. The molecule has 0 bridgehead atoms. The first-order valence-corrected chi connectivity index (χ1v) is 35.6. The van der Waals surface area contributed by atoms with Crippen LogP contribution in [0.15, 0.2) is 126 Å². The second-order valence-corrected chi connectivity index (χ2v) is 36.1. The van der Waals surface area contributed by atoms with E-state index in [2.05, 4.69) is 294 Å². The van der Waals surface area contributed by atoms with Gasteiger partial charge in [0, 0.05) is 32.0 Å². The molecule has 3 aliphatic rings. The number of furan rings is 1. The number of aryl methyl sites for hydroxylation is 3. The minimum Gasteiger partial charge on any atom is -0.466 e. The van der Waals surface area contributed by atoms with Gasteiger partial charge in [0.2, 0.25) is 0 Å².